The Hall–Kier alpha value is -0.380. The Morgan fingerprint density at radius 3 is 2.48 bits per heavy atom. The average molecular weight is 322 g/mol. The zero-order valence-corrected chi connectivity index (χ0v) is 15.1. The van der Waals surface area contributed by atoms with Gasteiger partial charge < -0.3 is 15.3 Å². The van der Waals surface area contributed by atoms with Gasteiger partial charge in [0.25, 0.3) is 0 Å². The summed E-state index contributed by atoms with van der Waals surface area (Å²) in [5.41, 5.74) is -0.0894. The molecule has 0 radical (unpaired) electrons. The molecule has 8 atom stereocenters. The van der Waals surface area contributed by atoms with Crippen molar-refractivity contribution in [2.45, 2.75) is 65.1 Å². The van der Waals surface area contributed by atoms with Gasteiger partial charge in [0.05, 0.1) is 18.3 Å². The molecular formula is C20H34O3. The molecule has 0 heterocycles. The molecule has 0 aliphatic heterocycles. The van der Waals surface area contributed by atoms with Crippen LogP contribution < -0.4 is 0 Å². The third-order valence-electron chi connectivity index (χ3n) is 7.55. The molecule has 23 heavy (non-hydrogen) atoms. The molecule has 3 aliphatic rings. The summed E-state index contributed by atoms with van der Waals surface area (Å²) in [6.07, 6.45) is 5.79. The van der Waals surface area contributed by atoms with Gasteiger partial charge in [-0.3, -0.25) is 0 Å². The molecule has 4 bridgehead atoms. The van der Waals surface area contributed by atoms with Gasteiger partial charge in [-0.1, -0.05) is 40.2 Å². The molecule has 132 valence electrons. The molecule has 0 spiro atoms. The fraction of sp³-hybridized carbons (Fsp3) is 0.900. The molecule has 2 saturated carbocycles. The fourth-order valence-electron chi connectivity index (χ4n) is 6.10. The van der Waals surface area contributed by atoms with Crippen molar-refractivity contribution in [1.29, 1.82) is 0 Å². The monoisotopic (exact) mass is 322 g/mol. The van der Waals surface area contributed by atoms with Gasteiger partial charge in [0.2, 0.25) is 0 Å². The minimum atomic E-state index is -0.829. The van der Waals surface area contributed by atoms with Gasteiger partial charge in [-0.25, -0.2) is 0 Å². The normalized spacial score (nSPS) is 50.3. The van der Waals surface area contributed by atoms with E-state index in [4.69, 9.17) is 0 Å². The van der Waals surface area contributed by atoms with E-state index in [1.165, 1.54) is 6.42 Å². The van der Waals surface area contributed by atoms with Crippen LogP contribution in [0.1, 0.15) is 53.4 Å². The Morgan fingerprint density at radius 1 is 1.17 bits per heavy atom. The number of hydrogen-bond acceptors (Lipinski definition) is 3. The van der Waals surface area contributed by atoms with Crippen LogP contribution >= 0.6 is 0 Å². The third-order valence-corrected chi connectivity index (χ3v) is 7.55. The lowest BCUT2D eigenvalue weighted by Gasteiger charge is -2.60. The van der Waals surface area contributed by atoms with Crippen LogP contribution in [0.25, 0.3) is 0 Å². The summed E-state index contributed by atoms with van der Waals surface area (Å²) in [5, 5.41) is 32.6. The van der Waals surface area contributed by atoms with Gasteiger partial charge >= 0.3 is 0 Å². The van der Waals surface area contributed by atoms with Gasteiger partial charge in [-0.15, -0.1) is 0 Å². The summed E-state index contributed by atoms with van der Waals surface area (Å²) in [7, 11) is 0. The van der Waals surface area contributed by atoms with Crippen molar-refractivity contribution in [2.75, 3.05) is 6.61 Å². The summed E-state index contributed by atoms with van der Waals surface area (Å²) >= 11 is 0. The zero-order valence-electron chi connectivity index (χ0n) is 15.1. The maximum Gasteiger partial charge on any atom is 0.0831 e. The highest BCUT2D eigenvalue weighted by Crippen LogP contribution is 2.58. The van der Waals surface area contributed by atoms with E-state index in [1.807, 2.05) is 6.08 Å². The number of rotatable bonds is 2. The predicted molar refractivity (Wildman–Crippen MR) is 91.7 cm³/mol. The summed E-state index contributed by atoms with van der Waals surface area (Å²) < 4.78 is 0. The molecule has 0 aromatic rings. The van der Waals surface area contributed by atoms with Crippen molar-refractivity contribution in [3.8, 4) is 0 Å². The Labute approximate surface area is 140 Å². The molecule has 0 aromatic heterocycles. The van der Waals surface area contributed by atoms with Crippen LogP contribution in [-0.2, 0) is 0 Å². The second-order valence-electron chi connectivity index (χ2n) is 8.89. The van der Waals surface area contributed by atoms with Crippen LogP contribution in [0.2, 0.25) is 0 Å². The standard InChI is InChI=1S/C20H34O3/c1-11(2)15-7-5-12(3)16-8-6-13(4)20(23)17(15)9-14(10-21)19(22)18(16)20/h9,11-13,15-19,21-23H,5-8,10H2,1-4H3/t12-,13?,15?,16?,17-,18?,19-,20?/m1/s1. The van der Waals surface area contributed by atoms with E-state index in [0.717, 1.165) is 24.8 Å². The fourth-order valence-corrected chi connectivity index (χ4v) is 6.10. The van der Waals surface area contributed by atoms with Gasteiger partial charge in [-0.05, 0) is 54.4 Å². The number of aliphatic hydroxyl groups excluding tert-OH is 2. The van der Waals surface area contributed by atoms with E-state index >= 15 is 0 Å². The second-order valence-corrected chi connectivity index (χ2v) is 8.89. The second kappa shape index (κ2) is 6.16. The molecule has 0 amide bonds. The predicted octanol–water partition coefficient (Wildman–Crippen LogP) is 2.99. The van der Waals surface area contributed by atoms with Crippen molar-refractivity contribution in [1.82, 2.24) is 0 Å². The van der Waals surface area contributed by atoms with E-state index in [2.05, 4.69) is 27.7 Å². The quantitative estimate of drug-likeness (QED) is 0.685. The van der Waals surface area contributed by atoms with Crippen molar-refractivity contribution >= 4 is 0 Å². The molecular weight excluding hydrogens is 288 g/mol. The van der Waals surface area contributed by atoms with Crippen molar-refractivity contribution < 1.29 is 15.3 Å². The van der Waals surface area contributed by atoms with Gasteiger partial charge in [-0.2, -0.15) is 0 Å². The van der Waals surface area contributed by atoms with Crippen molar-refractivity contribution in [3.05, 3.63) is 11.6 Å². The summed E-state index contributed by atoms with van der Waals surface area (Å²) in [6.45, 7) is 8.85. The van der Waals surface area contributed by atoms with E-state index in [1.54, 1.807) is 0 Å². The van der Waals surface area contributed by atoms with Crippen LogP contribution in [0.15, 0.2) is 11.6 Å². The summed E-state index contributed by atoms with van der Waals surface area (Å²) in [4.78, 5) is 0. The summed E-state index contributed by atoms with van der Waals surface area (Å²) in [5.74, 6) is 1.93. The lowest BCUT2D eigenvalue weighted by molar-refractivity contribution is -0.203. The molecule has 2 fully saturated rings. The highest BCUT2D eigenvalue weighted by molar-refractivity contribution is 5.26. The van der Waals surface area contributed by atoms with E-state index in [0.29, 0.717) is 23.7 Å². The lowest BCUT2D eigenvalue weighted by Crippen LogP contribution is -2.65. The first-order valence-corrected chi connectivity index (χ1v) is 9.54. The Kier molecular flexibility index (Phi) is 4.67. The first kappa shape index (κ1) is 17.4. The Balaban J connectivity index is 2.17. The molecule has 0 saturated heterocycles. The maximum absolute atomic E-state index is 11.9. The minimum Gasteiger partial charge on any atom is -0.392 e. The largest absolute Gasteiger partial charge is 0.392 e. The van der Waals surface area contributed by atoms with Crippen LogP contribution in [0.4, 0.5) is 0 Å². The minimum absolute atomic E-state index is 0.0587. The topological polar surface area (TPSA) is 60.7 Å². The van der Waals surface area contributed by atoms with Crippen LogP contribution in [0.3, 0.4) is 0 Å². The molecule has 3 rings (SSSR count). The highest BCUT2D eigenvalue weighted by Gasteiger charge is 2.60. The van der Waals surface area contributed by atoms with Crippen LogP contribution in [0, 0.1) is 41.4 Å². The SMILES string of the molecule is CC(C)C1CC[C@@H](C)C2CCC(C)C3(O)C2[C@H](O)C(CO)=C[C@H]13. The van der Waals surface area contributed by atoms with Crippen molar-refractivity contribution in [2.24, 2.45) is 41.4 Å². The summed E-state index contributed by atoms with van der Waals surface area (Å²) in [6, 6.07) is 0. The lowest BCUT2D eigenvalue weighted by atomic mass is 9.48. The zero-order chi connectivity index (χ0) is 16.9. The molecule has 3 nitrogen and oxygen atoms in total. The van der Waals surface area contributed by atoms with Crippen molar-refractivity contribution in [3.63, 3.8) is 0 Å². The Bertz CT molecular complexity index is 472. The molecule has 3 N–H and O–H groups in total. The first-order chi connectivity index (χ1) is 10.8. The number of aliphatic hydroxyl groups is 3. The van der Waals surface area contributed by atoms with Crippen LogP contribution in [-0.4, -0.2) is 33.6 Å². The van der Waals surface area contributed by atoms with Gasteiger partial charge in [0.1, 0.15) is 0 Å². The molecule has 0 aromatic carbocycles. The van der Waals surface area contributed by atoms with E-state index < -0.39 is 11.7 Å². The Morgan fingerprint density at radius 2 is 1.87 bits per heavy atom. The third kappa shape index (κ3) is 2.51. The average Bonchev–Trinajstić information content (AvgIpc) is 2.50. The molecule has 5 unspecified atom stereocenters. The van der Waals surface area contributed by atoms with Crippen LogP contribution in [0.5, 0.6) is 0 Å². The molecule has 3 aliphatic carbocycles. The smallest absolute Gasteiger partial charge is 0.0831 e. The first-order valence-electron chi connectivity index (χ1n) is 9.54. The maximum atomic E-state index is 11.9. The molecule has 3 heteroatoms. The highest BCUT2D eigenvalue weighted by atomic mass is 16.3. The van der Waals surface area contributed by atoms with E-state index in [-0.39, 0.29) is 24.4 Å². The van der Waals surface area contributed by atoms with Gasteiger partial charge in [0, 0.05) is 11.8 Å². The van der Waals surface area contributed by atoms with Gasteiger partial charge in [0.15, 0.2) is 0 Å². The number of hydrogen-bond donors (Lipinski definition) is 3. The van der Waals surface area contributed by atoms with E-state index in [9.17, 15) is 15.3 Å².